The lowest BCUT2D eigenvalue weighted by atomic mass is 10.4. The van der Waals surface area contributed by atoms with Crippen LogP contribution < -0.4 is 0 Å². The molecule has 0 aliphatic carbocycles. The minimum absolute atomic E-state index is 0.133. The zero-order chi connectivity index (χ0) is 11.3. The number of esters is 1. The Kier molecular flexibility index (Phi) is 4.94. The minimum Gasteiger partial charge on any atom is -0.468 e. The second kappa shape index (κ2) is 6.00. The van der Waals surface area contributed by atoms with Crippen LogP contribution in [0.15, 0.2) is 0 Å². The summed E-state index contributed by atoms with van der Waals surface area (Å²) >= 11 is 1.34. The van der Waals surface area contributed by atoms with Gasteiger partial charge in [0.15, 0.2) is 0 Å². The van der Waals surface area contributed by atoms with Crippen molar-refractivity contribution in [2.45, 2.75) is 25.0 Å². The number of carbonyl (C=O) groups excluding carboxylic acids is 2. The molecule has 1 aliphatic heterocycles. The van der Waals surface area contributed by atoms with Gasteiger partial charge in [0.05, 0.1) is 12.9 Å². The third-order valence-corrected chi connectivity index (χ3v) is 3.55. The van der Waals surface area contributed by atoms with Gasteiger partial charge in [0.25, 0.3) is 0 Å². The fraction of sp³-hybridized carbons (Fsp3) is 0.800. The first kappa shape index (κ1) is 12.4. The molecular formula is C10H17NO3S. The number of carbonyl (C=O) groups is 2. The smallest absolute Gasteiger partial charge is 0.318 e. The van der Waals surface area contributed by atoms with E-state index in [1.807, 2.05) is 4.90 Å². The van der Waals surface area contributed by atoms with Crippen molar-refractivity contribution in [3.8, 4) is 0 Å². The average Bonchev–Trinajstić information content (AvgIpc) is 2.77. The van der Waals surface area contributed by atoms with Crippen LogP contribution in [0, 0.1) is 0 Å². The molecule has 0 aromatic heterocycles. The highest BCUT2D eigenvalue weighted by Gasteiger charge is 2.20. The minimum atomic E-state index is -0.269. The van der Waals surface area contributed by atoms with Crippen molar-refractivity contribution >= 4 is 23.6 Å². The Hall–Kier alpha value is -0.710. The Balaban J connectivity index is 2.24. The molecule has 0 aromatic rings. The van der Waals surface area contributed by atoms with Crippen LogP contribution in [0.25, 0.3) is 0 Å². The van der Waals surface area contributed by atoms with Crippen LogP contribution in [-0.2, 0) is 14.3 Å². The van der Waals surface area contributed by atoms with Gasteiger partial charge >= 0.3 is 5.97 Å². The highest BCUT2D eigenvalue weighted by atomic mass is 32.2. The molecule has 0 saturated carbocycles. The Labute approximate surface area is 94.3 Å². The maximum absolute atomic E-state index is 11.6. The Morgan fingerprint density at radius 2 is 2.00 bits per heavy atom. The highest BCUT2D eigenvalue weighted by molar-refractivity contribution is 8.01. The monoisotopic (exact) mass is 231 g/mol. The van der Waals surface area contributed by atoms with Gasteiger partial charge < -0.3 is 9.64 Å². The predicted octanol–water partition coefficient (Wildman–Crippen LogP) is 0.903. The first-order valence-corrected chi connectivity index (χ1v) is 6.17. The molecule has 1 atom stereocenters. The molecular weight excluding hydrogens is 214 g/mol. The molecule has 5 heteroatoms. The summed E-state index contributed by atoms with van der Waals surface area (Å²) in [5, 5.41) is -0.262. The third kappa shape index (κ3) is 3.74. The van der Waals surface area contributed by atoms with Crippen LogP contribution in [0.4, 0.5) is 0 Å². The second-order valence-corrected chi connectivity index (χ2v) is 4.89. The molecule has 0 radical (unpaired) electrons. The lowest BCUT2D eigenvalue weighted by molar-refractivity contribution is -0.139. The van der Waals surface area contributed by atoms with E-state index in [4.69, 9.17) is 0 Å². The van der Waals surface area contributed by atoms with Gasteiger partial charge in [0, 0.05) is 13.1 Å². The quantitative estimate of drug-likeness (QED) is 0.675. The first-order chi connectivity index (χ1) is 7.15. The number of nitrogens with zero attached hydrogens (tertiary/aromatic N) is 1. The summed E-state index contributed by atoms with van der Waals surface area (Å²) in [4.78, 5) is 24.5. The topological polar surface area (TPSA) is 46.6 Å². The van der Waals surface area contributed by atoms with Crippen LogP contribution in [-0.4, -0.2) is 48.0 Å². The molecule has 1 saturated heterocycles. The largest absolute Gasteiger partial charge is 0.468 e. The van der Waals surface area contributed by atoms with Crippen molar-refractivity contribution in [3.63, 3.8) is 0 Å². The van der Waals surface area contributed by atoms with E-state index in [2.05, 4.69) is 4.74 Å². The molecule has 0 N–H and O–H groups in total. The summed E-state index contributed by atoms with van der Waals surface area (Å²) in [7, 11) is 1.36. The maximum atomic E-state index is 11.6. The van der Waals surface area contributed by atoms with Crippen molar-refractivity contribution < 1.29 is 14.3 Å². The van der Waals surface area contributed by atoms with Crippen LogP contribution in [0.2, 0.25) is 0 Å². The standard InChI is InChI=1S/C10H17NO3S/c1-8(10(13)14-2)15-7-9(12)11-5-3-4-6-11/h8H,3-7H2,1-2H3. The van der Waals surface area contributed by atoms with Crippen molar-refractivity contribution in [2.75, 3.05) is 26.0 Å². The lowest BCUT2D eigenvalue weighted by Gasteiger charge is -2.15. The molecule has 0 aromatic carbocycles. The maximum Gasteiger partial charge on any atom is 0.318 e. The van der Waals surface area contributed by atoms with E-state index < -0.39 is 0 Å². The summed E-state index contributed by atoms with van der Waals surface area (Å²) in [6.45, 7) is 3.49. The Bertz CT molecular complexity index is 239. The SMILES string of the molecule is COC(=O)C(C)SCC(=O)N1CCCC1. The van der Waals surface area contributed by atoms with Crippen LogP contribution >= 0.6 is 11.8 Å². The number of rotatable bonds is 4. The number of hydrogen-bond donors (Lipinski definition) is 0. The van der Waals surface area contributed by atoms with E-state index in [9.17, 15) is 9.59 Å². The number of ether oxygens (including phenoxy) is 1. The fourth-order valence-corrected chi connectivity index (χ4v) is 2.30. The number of thioether (sulfide) groups is 1. The van der Waals surface area contributed by atoms with Crippen molar-refractivity contribution in [1.82, 2.24) is 4.90 Å². The predicted molar refractivity (Wildman–Crippen MR) is 59.8 cm³/mol. The van der Waals surface area contributed by atoms with Gasteiger partial charge in [-0.15, -0.1) is 11.8 Å². The number of hydrogen-bond acceptors (Lipinski definition) is 4. The lowest BCUT2D eigenvalue weighted by Crippen LogP contribution is -2.30. The summed E-state index contributed by atoms with van der Waals surface area (Å²) in [5.74, 6) is 0.235. The molecule has 1 aliphatic rings. The molecule has 0 spiro atoms. The molecule has 15 heavy (non-hydrogen) atoms. The number of likely N-dealkylation sites (tertiary alicyclic amines) is 1. The zero-order valence-electron chi connectivity index (χ0n) is 9.19. The number of methoxy groups -OCH3 is 1. The third-order valence-electron chi connectivity index (χ3n) is 2.45. The van der Waals surface area contributed by atoms with Crippen molar-refractivity contribution in [2.24, 2.45) is 0 Å². The molecule has 1 heterocycles. The normalized spacial score (nSPS) is 17.6. The van der Waals surface area contributed by atoms with Crippen LogP contribution in [0.5, 0.6) is 0 Å². The Morgan fingerprint density at radius 3 is 2.53 bits per heavy atom. The van der Waals surface area contributed by atoms with Gasteiger partial charge in [-0.2, -0.15) is 0 Å². The molecule has 1 amide bonds. The van der Waals surface area contributed by atoms with Crippen LogP contribution in [0.1, 0.15) is 19.8 Å². The molecule has 4 nitrogen and oxygen atoms in total. The van der Waals surface area contributed by atoms with Gasteiger partial charge in [0.2, 0.25) is 5.91 Å². The number of amides is 1. The van der Waals surface area contributed by atoms with E-state index in [1.165, 1.54) is 18.9 Å². The van der Waals surface area contributed by atoms with E-state index in [0.29, 0.717) is 5.75 Å². The molecule has 0 bridgehead atoms. The van der Waals surface area contributed by atoms with Gasteiger partial charge in [-0.1, -0.05) is 0 Å². The first-order valence-electron chi connectivity index (χ1n) is 5.12. The van der Waals surface area contributed by atoms with Gasteiger partial charge in [-0.3, -0.25) is 9.59 Å². The molecule has 86 valence electrons. The summed E-state index contributed by atoms with van der Waals surface area (Å²) in [6.07, 6.45) is 2.20. The van der Waals surface area contributed by atoms with Crippen molar-refractivity contribution in [1.29, 1.82) is 0 Å². The molecule has 1 unspecified atom stereocenters. The molecule has 1 fully saturated rings. The van der Waals surface area contributed by atoms with E-state index in [-0.39, 0.29) is 17.1 Å². The van der Waals surface area contributed by atoms with Gasteiger partial charge in [0.1, 0.15) is 5.25 Å². The van der Waals surface area contributed by atoms with Crippen molar-refractivity contribution in [3.05, 3.63) is 0 Å². The van der Waals surface area contributed by atoms with E-state index in [0.717, 1.165) is 25.9 Å². The van der Waals surface area contributed by atoms with E-state index in [1.54, 1.807) is 6.92 Å². The van der Waals surface area contributed by atoms with Crippen LogP contribution in [0.3, 0.4) is 0 Å². The van der Waals surface area contributed by atoms with Gasteiger partial charge in [-0.25, -0.2) is 0 Å². The van der Waals surface area contributed by atoms with Gasteiger partial charge in [-0.05, 0) is 19.8 Å². The zero-order valence-corrected chi connectivity index (χ0v) is 10.0. The summed E-state index contributed by atoms with van der Waals surface area (Å²) < 4.78 is 4.59. The Morgan fingerprint density at radius 1 is 1.40 bits per heavy atom. The second-order valence-electron chi connectivity index (χ2n) is 3.56. The summed E-state index contributed by atoms with van der Waals surface area (Å²) in [5.41, 5.74) is 0. The van der Waals surface area contributed by atoms with E-state index >= 15 is 0 Å². The fourth-order valence-electron chi connectivity index (χ4n) is 1.49. The average molecular weight is 231 g/mol. The highest BCUT2D eigenvalue weighted by Crippen LogP contribution is 2.15. The molecule has 1 rings (SSSR count). The summed E-state index contributed by atoms with van der Waals surface area (Å²) in [6, 6.07) is 0.